The number of esters is 4. The lowest BCUT2D eigenvalue weighted by molar-refractivity contribution is -0.189. The molecule has 0 amide bonds. The lowest BCUT2D eigenvalue weighted by Gasteiger charge is -2.31. The average Bonchev–Trinajstić information content (AvgIpc) is 2.59. The van der Waals surface area contributed by atoms with Gasteiger partial charge < -0.3 is 18.9 Å². The molecule has 0 aromatic heterocycles. The molecule has 0 atom stereocenters. The highest BCUT2D eigenvalue weighted by Crippen LogP contribution is 2.46. The number of carbonyl (C=O) groups is 4. The first kappa shape index (κ1) is 23.5. The minimum Gasteiger partial charge on any atom is -0.409 e. The van der Waals surface area contributed by atoms with E-state index in [1.807, 2.05) is 0 Å². The van der Waals surface area contributed by atoms with Crippen LogP contribution in [0.5, 0.6) is 0 Å². The topological polar surface area (TPSA) is 105 Å². The van der Waals surface area contributed by atoms with Gasteiger partial charge in [0.2, 0.25) is 0 Å². The van der Waals surface area contributed by atoms with Gasteiger partial charge in [-0.05, 0) is 0 Å². The molecule has 0 unspecified atom stereocenters. The van der Waals surface area contributed by atoms with E-state index in [4.69, 9.17) is 18.9 Å². The van der Waals surface area contributed by atoms with Crippen molar-refractivity contribution in [2.75, 3.05) is 0 Å². The highest BCUT2D eigenvalue weighted by Gasteiger charge is 2.41. The first-order valence-corrected chi connectivity index (χ1v) is 8.96. The second-order valence-electron chi connectivity index (χ2n) is 4.39. The molecule has 0 saturated heterocycles. The van der Waals surface area contributed by atoms with Gasteiger partial charge in [0.05, 0.1) is 0 Å². The van der Waals surface area contributed by atoms with Gasteiger partial charge in [-0.25, -0.2) is 19.2 Å². The van der Waals surface area contributed by atoms with Crippen LogP contribution in [0.25, 0.3) is 0 Å². The van der Waals surface area contributed by atoms with Crippen molar-refractivity contribution in [1.82, 2.24) is 0 Å². The summed E-state index contributed by atoms with van der Waals surface area (Å²) in [6.07, 6.45) is 3.44. The van der Waals surface area contributed by atoms with Crippen LogP contribution in [0.4, 0.5) is 0 Å². The van der Waals surface area contributed by atoms with E-state index in [0.717, 1.165) is 24.3 Å². The standard InChI is InChI=1S/C16H18O8S2/c1-7-11(17)21-15(5,22-12(18)8-2)25-26-16(6,23-13(19)9-3)24-14(20)10-4/h7-10H,1-4H2,5-6H3. The van der Waals surface area contributed by atoms with E-state index in [2.05, 4.69) is 26.3 Å². The molecule has 0 spiro atoms. The summed E-state index contributed by atoms with van der Waals surface area (Å²) in [5.74, 6) is -3.54. The Morgan fingerprint density at radius 3 is 0.962 bits per heavy atom. The van der Waals surface area contributed by atoms with Crippen LogP contribution in [0, 0.1) is 0 Å². The summed E-state index contributed by atoms with van der Waals surface area (Å²) in [6, 6.07) is 0. The maximum Gasteiger partial charge on any atom is 0.334 e. The van der Waals surface area contributed by atoms with Gasteiger partial charge in [0, 0.05) is 59.7 Å². The average molecular weight is 402 g/mol. The van der Waals surface area contributed by atoms with Crippen molar-refractivity contribution in [3.8, 4) is 0 Å². The van der Waals surface area contributed by atoms with Crippen LogP contribution in [-0.2, 0) is 38.1 Å². The Balaban J connectivity index is 5.46. The zero-order chi connectivity index (χ0) is 20.4. The van der Waals surface area contributed by atoms with Crippen molar-refractivity contribution >= 4 is 45.5 Å². The molecular weight excluding hydrogens is 384 g/mol. The predicted octanol–water partition coefficient (Wildman–Crippen LogP) is 2.63. The molecule has 0 aliphatic carbocycles. The van der Waals surface area contributed by atoms with Gasteiger partial charge in [-0.15, -0.1) is 0 Å². The summed E-state index contributed by atoms with van der Waals surface area (Å²) >= 11 is 0. The van der Waals surface area contributed by atoms with Crippen molar-refractivity contribution < 1.29 is 38.1 Å². The van der Waals surface area contributed by atoms with E-state index in [-0.39, 0.29) is 0 Å². The predicted molar refractivity (Wildman–Crippen MR) is 97.1 cm³/mol. The van der Waals surface area contributed by atoms with E-state index in [1.54, 1.807) is 0 Å². The Morgan fingerprint density at radius 2 is 0.808 bits per heavy atom. The fraction of sp³-hybridized carbons (Fsp3) is 0.250. The fourth-order valence-corrected chi connectivity index (χ4v) is 3.24. The Morgan fingerprint density at radius 1 is 0.615 bits per heavy atom. The van der Waals surface area contributed by atoms with Gasteiger partial charge in [-0.3, -0.25) is 0 Å². The SMILES string of the molecule is C=CC(=O)OC(C)(OC(=O)C=C)SSC(C)(OC(=O)C=C)OC(=O)C=C. The van der Waals surface area contributed by atoms with E-state index >= 15 is 0 Å². The van der Waals surface area contributed by atoms with Gasteiger partial charge in [-0.2, -0.15) is 0 Å². The molecule has 0 saturated carbocycles. The fourth-order valence-electron chi connectivity index (χ4n) is 1.16. The zero-order valence-corrected chi connectivity index (χ0v) is 15.9. The molecule has 0 aliphatic rings. The van der Waals surface area contributed by atoms with Crippen molar-refractivity contribution in [2.24, 2.45) is 0 Å². The van der Waals surface area contributed by atoms with Crippen LogP contribution in [0.15, 0.2) is 50.6 Å². The first-order valence-electron chi connectivity index (χ1n) is 6.81. The zero-order valence-electron chi connectivity index (χ0n) is 14.2. The van der Waals surface area contributed by atoms with Crippen LogP contribution >= 0.6 is 21.6 Å². The summed E-state index contributed by atoms with van der Waals surface area (Å²) in [4.78, 5) is 46.0. The Labute approximate surface area is 158 Å². The maximum atomic E-state index is 11.5. The molecule has 0 heterocycles. The van der Waals surface area contributed by atoms with E-state index < -0.39 is 34.1 Å². The van der Waals surface area contributed by atoms with Crippen molar-refractivity contribution in [3.05, 3.63) is 50.6 Å². The lowest BCUT2D eigenvalue weighted by Crippen LogP contribution is -2.36. The molecule has 0 N–H and O–H groups in total. The van der Waals surface area contributed by atoms with Gasteiger partial charge in [0.25, 0.3) is 0 Å². The molecule has 142 valence electrons. The summed E-state index contributed by atoms with van der Waals surface area (Å²) in [5.41, 5.74) is 0. The Kier molecular flexibility index (Phi) is 9.52. The number of carbonyl (C=O) groups excluding carboxylic acids is 4. The van der Waals surface area contributed by atoms with Crippen LogP contribution in [0.3, 0.4) is 0 Å². The molecule has 0 rings (SSSR count). The number of rotatable bonds is 11. The monoisotopic (exact) mass is 402 g/mol. The highest BCUT2D eigenvalue weighted by molar-refractivity contribution is 8.77. The van der Waals surface area contributed by atoms with E-state index in [1.165, 1.54) is 13.8 Å². The smallest absolute Gasteiger partial charge is 0.334 e. The number of hydrogen-bond acceptors (Lipinski definition) is 10. The minimum absolute atomic E-state index is 0.635. The third-order valence-electron chi connectivity index (χ3n) is 2.16. The summed E-state index contributed by atoms with van der Waals surface area (Å²) in [7, 11) is 1.27. The van der Waals surface area contributed by atoms with Crippen molar-refractivity contribution in [1.29, 1.82) is 0 Å². The number of hydrogen-bond donors (Lipinski definition) is 0. The lowest BCUT2D eigenvalue weighted by atomic mass is 10.6. The summed E-state index contributed by atoms with van der Waals surface area (Å²) in [5, 5.41) is -3.74. The second kappa shape index (κ2) is 10.5. The molecule has 0 aromatic carbocycles. The van der Waals surface area contributed by atoms with Crippen LogP contribution in [-0.4, -0.2) is 34.1 Å². The van der Waals surface area contributed by atoms with Crippen LogP contribution < -0.4 is 0 Å². The summed E-state index contributed by atoms with van der Waals surface area (Å²) < 4.78 is 20.0. The molecule has 0 fully saturated rings. The maximum absolute atomic E-state index is 11.5. The van der Waals surface area contributed by atoms with Gasteiger partial charge in [0.1, 0.15) is 0 Å². The largest absolute Gasteiger partial charge is 0.409 e. The highest BCUT2D eigenvalue weighted by atomic mass is 33.1. The molecule has 0 aliphatic heterocycles. The number of ether oxygens (including phenoxy) is 4. The van der Waals surface area contributed by atoms with Gasteiger partial charge >= 0.3 is 34.1 Å². The molecule has 10 heteroatoms. The Hall–Kier alpha value is -2.46. The van der Waals surface area contributed by atoms with Crippen LogP contribution in [0.2, 0.25) is 0 Å². The molecule has 0 bridgehead atoms. The van der Waals surface area contributed by atoms with Gasteiger partial charge in [0.15, 0.2) is 0 Å². The first-order chi connectivity index (χ1) is 12.0. The molecule has 26 heavy (non-hydrogen) atoms. The third kappa shape index (κ3) is 8.58. The quantitative estimate of drug-likeness (QED) is 0.222. The van der Waals surface area contributed by atoms with E-state index in [0.29, 0.717) is 21.6 Å². The molecule has 8 nitrogen and oxygen atoms in total. The van der Waals surface area contributed by atoms with Gasteiger partial charge in [-0.1, -0.05) is 26.3 Å². The van der Waals surface area contributed by atoms with Crippen molar-refractivity contribution in [3.63, 3.8) is 0 Å². The van der Waals surface area contributed by atoms with E-state index in [9.17, 15) is 19.2 Å². The van der Waals surface area contributed by atoms with Crippen molar-refractivity contribution in [2.45, 2.75) is 24.1 Å². The summed E-state index contributed by atoms with van der Waals surface area (Å²) in [6.45, 7) is 15.5. The molecule has 0 radical (unpaired) electrons. The molecular formula is C16H18O8S2. The molecule has 0 aromatic rings. The normalized spacial score (nSPS) is 10.7. The second-order valence-corrected chi connectivity index (χ2v) is 7.21. The third-order valence-corrected chi connectivity index (χ3v) is 5.24. The van der Waals surface area contributed by atoms with Crippen LogP contribution in [0.1, 0.15) is 13.8 Å². The Bertz CT molecular complexity index is 528. The minimum atomic E-state index is -1.87.